The van der Waals surface area contributed by atoms with Crippen LogP contribution < -0.4 is 4.74 Å². The predicted molar refractivity (Wildman–Crippen MR) is 143 cm³/mol. The molecule has 0 aromatic heterocycles. The van der Waals surface area contributed by atoms with Crippen molar-refractivity contribution in [2.75, 3.05) is 12.5 Å². The second-order valence-corrected chi connectivity index (χ2v) is 9.31. The van der Waals surface area contributed by atoms with E-state index in [0.717, 1.165) is 16.7 Å². The van der Waals surface area contributed by atoms with E-state index in [4.69, 9.17) is 25.9 Å². The highest BCUT2D eigenvalue weighted by molar-refractivity contribution is 6.19. The number of allylic oxidation sites excluding steroid dienone is 1. The number of benzene rings is 2. The number of carbonyl (C=O) groups is 1. The smallest absolute Gasteiger partial charge is 0.258 e. The summed E-state index contributed by atoms with van der Waals surface area (Å²) in [6.45, 7) is 11.8. The molecule has 0 saturated heterocycles. The van der Waals surface area contributed by atoms with E-state index in [1.165, 1.54) is 0 Å². The molecular weight excluding hydrogens is 478 g/mol. The summed E-state index contributed by atoms with van der Waals surface area (Å²) in [5, 5.41) is 15.4. The number of hydrogen-bond acceptors (Lipinski definition) is 6. The van der Waals surface area contributed by atoms with Crippen molar-refractivity contribution in [2.24, 2.45) is 5.16 Å². The van der Waals surface area contributed by atoms with Crippen LogP contribution in [0.4, 0.5) is 0 Å². The molecule has 0 saturated carbocycles. The van der Waals surface area contributed by atoms with Crippen LogP contribution >= 0.6 is 11.6 Å². The zero-order valence-electron chi connectivity index (χ0n) is 21.7. The normalized spacial score (nSPS) is 20.7. The van der Waals surface area contributed by atoms with Gasteiger partial charge in [0.05, 0.1) is 0 Å². The van der Waals surface area contributed by atoms with Crippen molar-refractivity contribution in [3.05, 3.63) is 88.0 Å². The zero-order valence-corrected chi connectivity index (χ0v) is 22.4. The van der Waals surface area contributed by atoms with E-state index < -0.39 is 17.8 Å². The number of alkyl halides is 1. The first-order valence-corrected chi connectivity index (χ1v) is 12.7. The average Bonchev–Trinajstić information content (AvgIpc) is 2.88. The number of carbonyl (C=O) groups excluding carboxylic acids is 1. The monoisotopic (exact) mass is 511 g/mol. The van der Waals surface area contributed by atoms with Gasteiger partial charge in [-0.1, -0.05) is 50.3 Å². The fourth-order valence-electron chi connectivity index (χ4n) is 4.18. The van der Waals surface area contributed by atoms with Crippen LogP contribution in [0.2, 0.25) is 0 Å². The summed E-state index contributed by atoms with van der Waals surface area (Å²) in [5.74, 6) is 1.02. The number of nitrogens with zero attached hydrogens (tertiary/aromatic N) is 1. The summed E-state index contributed by atoms with van der Waals surface area (Å²) in [6.07, 6.45) is -0.000576. The molecule has 2 aliphatic heterocycles. The van der Waals surface area contributed by atoms with Gasteiger partial charge in [0.1, 0.15) is 24.1 Å². The maximum atomic E-state index is 13.1. The molecule has 192 valence electrons. The number of fused-ring (bicyclic) bond motifs is 1. The molecule has 4 rings (SSSR count). The third kappa shape index (κ3) is 5.66. The summed E-state index contributed by atoms with van der Waals surface area (Å²) in [5.41, 5.74) is 3.32. The van der Waals surface area contributed by atoms with Crippen LogP contribution in [-0.4, -0.2) is 41.0 Å². The largest absolute Gasteiger partial charge is 0.485 e. The molecule has 2 aromatic rings. The Kier molecular flexibility index (Phi) is 8.98. The van der Waals surface area contributed by atoms with Crippen molar-refractivity contribution in [2.45, 2.75) is 59.4 Å². The van der Waals surface area contributed by atoms with Crippen LogP contribution in [0, 0.1) is 0 Å². The van der Waals surface area contributed by atoms with Gasteiger partial charge in [0.25, 0.3) is 5.90 Å². The first-order valence-electron chi connectivity index (χ1n) is 12.1. The van der Waals surface area contributed by atoms with Gasteiger partial charge >= 0.3 is 0 Å². The maximum Gasteiger partial charge on any atom is 0.258 e. The van der Waals surface area contributed by atoms with Crippen LogP contribution in [0.3, 0.4) is 0 Å². The van der Waals surface area contributed by atoms with Crippen molar-refractivity contribution < 1.29 is 24.2 Å². The van der Waals surface area contributed by atoms with Gasteiger partial charge in [0.2, 0.25) is 0 Å². The molecule has 2 heterocycles. The molecule has 6 nitrogen and oxygen atoms in total. The Balaban J connectivity index is 0.00000176. The summed E-state index contributed by atoms with van der Waals surface area (Å²) in [4.78, 5) is 18.4. The van der Waals surface area contributed by atoms with E-state index in [1.54, 1.807) is 44.2 Å². The summed E-state index contributed by atoms with van der Waals surface area (Å²) >= 11 is 5.93. The highest BCUT2D eigenvalue weighted by Gasteiger charge is 2.45. The molecule has 0 aliphatic carbocycles. The van der Waals surface area contributed by atoms with E-state index in [0.29, 0.717) is 34.9 Å². The van der Waals surface area contributed by atoms with E-state index in [9.17, 15) is 9.90 Å². The lowest BCUT2D eigenvalue weighted by Gasteiger charge is -2.42. The Labute approximate surface area is 218 Å². The molecule has 2 aromatic carbocycles. The number of halogens is 1. The average molecular weight is 512 g/mol. The third-order valence-corrected chi connectivity index (χ3v) is 6.23. The SMILES string of the molecule is CC.CC1=C(/C(C)=C\CCl)C(O[C@@H]2c3cc(C(=O)c4ccccc4)ccc3OC(C)(C)[C@H]2O)=NOC1. The van der Waals surface area contributed by atoms with Gasteiger partial charge in [-0.25, -0.2) is 0 Å². The fraction of sp³-hybridized carbons (Fsp3) is 0.379. The van der Waals surface area contributed by atoms with Crippen LogP contribution in [0.5, 0.6) is 5.75 Å². The second-order valence-electron chi connectivity index (χ2n) is 9.00. The second kappa shape index (κ2) is 11.8. The topological polar surface area (TPSA) is 77.4 Å². The third-order valence-electron chi connectivity index (χ3n) is 6.07. The minimum Gasteiger partial charge on any atom is -0.485 e. The minimum atomic E-state index is -1.04. The predicted octanol–water partition coefficient (Wildman–Crippen LogP) is 6.38. The first kappa shape index (κ1) is 27.5. The number of ether oxygens (including phenoxy) is 2. The number of rotatable bonds is 5. The Bertz CT molecular complexity index is 1180. The Hall–Kier alpha value is -3.09. The first-order chi connectivity index (χ1) is 17.2. The van der Waals surface area contributed by atoms with Gasteiger partial charge in [-0.3, -0.25) is 4.79 Å². The Morgan fingerprint density at radius 1 is 1.19 bits per heavy atom. The van der Waals surface area contributed by atoms with Crippen molar-refractivity contribution >= 4 is 23.3 Å². The molecule has 0 fully saturated rings. The molecule has 2 atom stereocenters. The van der Waals surface area contributed by atoms with Gasteiger partial charge in [-0.05, 0) is 62.2 Å². The van der Waals surface area contributed by atoms with E-state index in [2.05, 4.69) is 5.16 Å². The summed E-state index contributed by atoms with van der Waals surface area (Å²) in [6, 6.07) is 14.2. The van der Waals surface area contributed by atoms with Gasteiger partial charge in [0.15, 0.2) is 11.9 Å². The van der Waals surface area contributed by atoms with Crippen molar-refractivity contribution in [1.82, 2.24) is 0 Å². The lowest BCUT2D eigenvalue weighted by molar-refractivity contribution is -0.107. The van der Waals surface area contributed by atoms with E-state index in [-0.39, 0.29) is 11.7 Å². The molecule has 7 heteroatoms. The van der Waals surface area contributed by atoms with Crippen molar-refractivity contribution in [1.29, 1.82) is 0 Å². The van der Waals surface area contributed by atoms with Crippen LogP contribution in [0.1, 0.15) is 69.1 Å². The number of hydrogen-bond donors (Lipinski definition) is 1. The van der Waals surface area contributed by atoms with Gasteiger partial charge in [0, 0.05) is 28.1 Å². The maximum absolute atomic E-state index is 13.1. The molecule has 0 radical (unpaired) electrons. The Morgan fingerprint density at radius 3 is 2.56 bits per heavy atom. The highest BCUT2D eigenvalue weighted by atomic mass is 35.5. The Morgan fingerprint density at radius 2 is 1.89 bits per heavy atom. The lowest BCUT2D eigenvalue weighted by atomic mass is 9.86. The molecule has 0 spiro atoms. The lowest BCUT2D eigenvalue weighted by Crippen LogP contribution is -2.50. The van der Waals surface area contributed by atoms with Crippen molar-refractivity contribution in [3.63, 3.8) is 0 Å². The fourth-order valence-corrected chi connectivity index (χ4v) is 4.41. The molecule has 0 unspecified atom stereocenters. The minimum absolute atomic E-state index is 0.128. The van der Waals surface area contributed by atoms with E-state index >= 15 is 0 Å². The molecule has 0 bridgehead atoms. The van der Waals surface area contributed by atoms with Gasteiger partial charge in [-0.15, -0.1) is 11.6 Å². The highest BCUT2D eigenvalue weighted by Crippen LogP contribution is 2.43. The number of ketones is 1. The summed E-state index contributed by atoms with van der Waals surface area (Å²) < 4.78 is 12.4. The standard InChI is InChI=1S/C27H28ClNO5.C2H6/c1-16(12-13-28)22-17(2)15-32-29-26(22)33-24-20-14-19(23(30)18-8-6-5-7-9-18)10-11-21(20)34-27(3,4)25(24)31;1-2/h5-12,14,24-25,31H,13,15H2,1-4H3;1-2H3/b16-12-;/t24-,25+;/m1./s1. The quantitative estimate of drug-likeness (QED) is 0.372. The summed E-state index contributed by atoms with van der Waals surface area (Å²) in [7, 11) is 0. The zero-order chi connectivity index (χ0) is 26.5. The van der Waals surface area contributed by atoms with Gasteiger partial charge in [-0.2, -0.15) is 0 Å². The molecule has 0 amide bonds. The molecule has 2 aliphatic rings. The number of oxime groups is 1. The molecule has 1 N–H and O–H groups in total. The van der Waals surface area contributed by atoms with Gasteiger partial charge < -0.3 is 19.4 Å². The molecule has 36 heavy (non-hydrogen) atoms. The number of aliphatic hydroxyl groups excluding tert-OH is 1. The van der Waals surface area contributed by atoms with Crippen LogP contribution in [0.15, 0.2) is 76.5 Å². The van der Waals surface area contributed by atoms with E-state index in [1.807, 2.05) is 52.0 Å². The van der Waals surface area contributed by atoms with Crippen LogP contribution in [0.25, 0.3) is 0 Å². The number of aliphatic hydroxyl groups is 1. The van der Waals surface area contributed by atoms with Crippen LogP contribution in [-0.2, 0) is 9.57 Å². The van der Waals surface area contributed by atoms with Crippen molar-refractivity contribution in [3.8, 4) is 5.75 Å². The molecular formula is C29H34ClNO5.